The molecule has 0 saturated heterocycles. The van der Waals surface area contributed by atoms with Gasteiger partial charge in [-0.25, -0.2) is 0 Å². The van der Waals surface area contributed by atoms with Gasteiger partial charge in [0.25, 0.3) is 0 Å². The van der Waals surface area contributed by atoms with Crippen molar-refractivity contribution < 1.29 is 46.3 Å². The van der Waals surface area contributed by atoms with E-state index in [4.69, 9.17) is 0 Å². The normalized spacial score (nSPS) is 19.1. The Morgan fingerprint density at radius 2 is 0.949 bits per heavy atom. The van der Waals surface area contributed by atoms with Gasteiger partial charge in [0.15, 0.2) is 0 Å². The third-order valence-corrected chi connectivity index (χ3v) is 23.1. The van der Waals surface area contributed by atoms with Crippen molar-refractivity contribution in [1.82, 2.24) is 0 Å². The maximum atomic E-state index is 2.64. The standard InChI is InChI=1S/2C15H11.C6H11.2ClH.Hf/c2*1-2-6-12(7-3-1)14-10-4-8-13-9-5-11-15(13)14;1-2-4-6-5-3-1;;;/h2*1-11H;1H,2-6H2;2*1H;/q;;;;;+2/p-2. The van der Waals surface area contributed by atoms with Crippen molar-refractivity contribution >= 4 is 12.2 Å². The van der Waals surface area contributed by atoms with Crippen LogP contribution in [-0.2, 0) is 21.4 Å². The first-order valence-electron chi connectivity index (χ1n) is 14.0. The zero-order valence-electron chi connectivity index (χ0n) is 22.1. The van der Waals surface area contributed by atoms with Crippen LogP contribution in [0, 0.1) is 0 Å². The molecule has 4 aromatic rings. The monoisotopic (exact) mass is 715 g/mol. The van der Waals surface area contributed by atoms with Crippen molar-refractivity contribution in [1.29, 1.82) is 0 Å². The van der Waals surface area contributed by atoms with E-state index < -0.39 is 21.4 Å². The second kappa shape index (κ2) is 12.5. The van der Waals surface area contributed by atoms with Crippen LogP contribution in [0.25, 0.3) is 34.4 Å². The first kappa shape index (κ1) is 28.3. The van der Waals surface area contributed by atoms with Crippen LogP contribution in [0.3, 0.4) is 0 Å². The number of benzene rings is 4. The summed E-state index contributed by atoms with van der Waals surface area (Å²) in [6.07, 6.45) is 17.4. The van der Waals surface area contributed by atoms with Crippen LogP contribution >= 0.6 is 0 Å². The molecule has 3 aliphatic rings. The molecule has 0 spiro atoms. The molecule has 3 heteroatoms. The van der Waals surface area contributed by atoms with E-state index in [1.54, 1.807) is 11.1 Å². The van der Waals surface area contributed by atoms with Crippen LogP contribution in [0.15, 0.2) is 109 Å². The largest absolute Gasteiger partial charge is 1.00 e. The van der Waals surface area contributed by atoms with Crippen molar-refractivity contribution in [2.75, 3.05) is 0 Å². The molecule has 0 heterocycles. The molecule has 0 N–H and O–H groups in total. The van der Waals surface area contributed by atoms with E-state index in [1.165, 1.54) is 65.5 Å². The van der Waals surface area contributed by atoms with Gasteiger partial charge in [-0.3, -0.25) is 0 Å². The predicted octanol–water partition coefficient (Wildman–Crippen LogP) is 4.24. The Balaban J connectivity index is 0.00000154. The summed E-state index contributed by atoms with van der Waals surface area (Å²) in [5, 5.41) is 0. The quantitative estimate of drug-likeness (QED) is 0.272. The maximum Gasteiger partial charge on any atom is -1.00 e. The van der Waals surface area contributed by atoms with Gasteiger partial charge in [-0.15, -0.1) is 0 Å². The minimum atomic E-state index is -2.30. The van der Waals surface area contributed by atoms with E-state index in [-0.39, 0.29) is 24.8 Å². The van der Waals surface area contributed by atoms with Crippen molar-refractivity contribution in [3.05, 3.63) is 131 Å². The number of halogens is 2. The molecule has 7 rings (SSSR count). The van der Waals surface area contributed by atoms with Gasteiger partial charge in [-0.05, 0) is 0 Å². The fraction of sp³-hybridized carbons (Fsp3) is 0.222. The van der Waals surface area contributed by atoms with Crippen LogP contribution in [0.1, 0.15) is 61.7 Å². The predicted molar refractivity (Wildman–Crippen MR) is 154 cm³/mol. The third kappa shape index (κ3) is 5.31. The van der Waals surface area contributed by atoms with Crippen LogP contribution in [0.5, 0.6) is 0 Å². The second-order valence-electron chi connectivity index (χ2n) is 10.9. The number of fused-ring (bicyclic) bond motifs is 2. The molecule has 0 bridgehead atoms. The van der Waals surface area contributed by atoms with E-state index in [0.29, 0.717) is 7.35 Å². The van der Waals surface area contributed by atoms with Gasteiger partial charge in [-0.1, -0.05) is 0 Å². The number of rotatable bonds is 5. The summed E-state index contributed by atoms with van der Waals surface area (Å²) < 4.78 is 2.32. The van der Waals surface area contributed by atoms with E-state index in [9.17, 15) is 0 Å². The van der Waals surface area contributed by atoms with Crippen molar-refractivity contribution in [3.8, 4) is 22.3 Å². The molecule has 0 nitrogen and oxygen atoms in total. The van der Waals surface area contributed by atoms with Crippen molar-refractivity contribution in [3.63, 3.8) is 0 Å². The SMILES string of the molecule is C1=C[CH]([Hf+2]([CH]2CCCCC2)[CH]2C=Cc3c(-c4ccccc4)cccc32)c2cccc(-c3ccccc3)c21.[Cl-].[Cl-]. The zero-order valence-corrected chi connectivity index (χ0v) is 27.2. The number of hydrogen-bond acceptors (Lipinski definition) is 0. The molecule has 195 valence electrons. The molecule has 1 saturated carbocycles. The van der Waals surface area contributed by atoms with Crippen molar-refractivity contribution in [2.45, 2.75) is 43.1 Å². The van der Waals surface area contributed by atoms with E-state index in [1.807, 2.05) is 0 Å². The van der Waals surface area contributed by atoms with Gasteiger partial charge >= 0.3 is 230 Å². The average molecular weight is 715 g/mol. The first-order valence-corrected chi connectivity index (χ1v) is 20.2. The molecule has 2 unspecified atom stereocenters. The molecular formula is C36H33Cl2Hf. The summed E-state index contributed by atoms with van der Waals surface area (Å²) in [5.41, 5.74) is 11.7. The smallest absolute Gasteiger partial charge is 1.00 e. The van der Waals surface area contributed by atoms with E-state index in [2.05, 4.69) is 121 Å². The Kier molecular flexibility index (Phi) is 9.12. The van der Waals surface area contributed by atoms with Gasteiger partial charge in [0.2, 0.25) is 0 Å². The molecule has 39 heavy (non-hydrogen) atoms. The molecule has 0 radical (unpaired) electrons. The summed E-state index contributed by atoms with van der Waals surface area (Å²) in [6.45, 7) is 0. The molecule has 2 atom stereocenters. The summed E-state index contributed by atoms with van der Waals surface area (Å²) >= 11 is -2.30. The van der Waals surface area contributed by atoms with Gasteiger partial charge in [0.05, 0.1) is 0 Å². The summed E-state index contributed by atoms with van der Waals surface area (Å²) in [4.78, 5) is 0. The molecule has 3 aliphatic carbocycles. The minimum absolute atomic E-state index is 0. The van der Waals surface area contributed by atoms with E-state index in [0.717, 1.165) is 3.67 Å². The van der Waals surface area contributed by atoms with Crippen LogP contribution in [0.4, 0.5) is 0 Å². The number of hydrogen-bond donors (Lipinski definition) is 0. The Morgan fingerprint density at radius 1 is 0.487 bits per heavy atom. The molecule has 1 fully saturated rings. The third-order valence-electron chi connectivity index (χ3n) is 8.82. The number of allylic oxidation sites excluding steroid dienone is 2. The Morgan fingerprint density at radius 3 is 1.41 bits per heavy atom. The fourth-order valence-electron chi connectivity index (χ4n) is 7.13. The summed E-state index contributed by atoms with van der Waals surface area (Å²) in [5.74, 6) is 0. The van der Waals surface area contributed by atoms with Crippen LogP contribution in [0.2, 0.25) is 3.67 Å². The van der Waals surface area contributed by atoms with Gasteiger partial charge in [0, 0.05) is 0 Å². The van der Waals surface area contributed by atoms with Gasteiger partial charge in [0.1, 0.15) is 0 Å². The Bertz CT molecular complexity index is 1360. The molecule has 4 aromatic carbocycles. The van der Waals surface area contributed by atoms with Gasteiger partial charge < -0.3 is 24.8 Å². The first-order chi connectivity index (χ1) is 18.4. The van der Waals surface area contributed by atoms with E-state index >= 15 is 0 Å². The molecule has 0 aliphatic heterocycles. The summed E-state index contributed by atoms with van der Waals surface area (Å²) in [6, 6.07) is 36.2. The topological polar surface area (TPSA) is 0 Å². The van der Waals surface area contributed by atoms with Crippen LogP contribution < -0.4 is 24.8 Å². The van der Waals surface area contributed by atoms with Crippen LogP contribution in [-0.4, -0.2) is 0 Å². The second-order valence-corrected chi connectivity index (χ2v) is 21.9. The fourth-order valence-corrected chi connectivity index (χ4v) is 22.7. The Hall–Kier alpha value is -2.19. The molecule has 0 amide bonds. The summed E-state index contributed by atoms with van der Waals surface area (Å²) in [7, 11) is 0. The molecular weight excluding hydrogens is 682 g/mol. The average Bonchev–Trinajstić information content (AvgIpc) is 3.60. The van der Waals surface area contributed by atoms with Gasteiger partial charge in [-0.2, -0.15) is 0 Å². The minimum Gasteiger partial charge on any atom is -1.00 e. The Labute approximate surface area is 253 Å². The zero-order chi connectivity index (χ0) is 24.6. The maximum absolute atomic E-state index is 2.64. The molecule has 0 aromatic heterocycles. The van der Waals surface area contributed by atoms with Crippen molar-refractivity contribution in [2.24, 2.45) is 0 Å².